The minimum absolute atomic E-state index is 0.180. The molecule has 0 amide bonds. The van der Waals surface area contributed by atoms with Crippen molar-refractivity contribution in [3.05, 3.63) is 50.3 Å². The molecule has 2 aromatic rings. The van der Waals surface area contributed by atoms with E-state index in [4.69, 9.17) is 17.3 Å². The zero-order chi connectivity index (χ0) is 14.8. The molecule has 0 saturated heterocycles. The summed E-state index contributed by atoms with van der Waals surface area (Å²) in [6.45, 7) is 0.567. The second-order valence-corrected chi connectivity index (χ2v) is 8.76. The first-order valence-corrected chi connectivity index (χ1v) is 9.12. The molecular formula is C12H12BrClN2O2S2. The van der Waals surface area contributed by atoms with E-state index in [1.807, 2.05) is 24.3 Å². The van der Waals surface area contributed by atoms with Crippen LogP contribution in [0.25, 0.3) is 0 Å². The van der Waals surface area contributed by atoms with Crippen LogP contribution in [0.5, 0.6) is 0 Å². The summed E-state index contributed by atoms with van der Waals surface area (Å²) in [5.41, 5.74) is 7.40. The maximum atomic E-state index is 12.2. The fraction of sp³-hybridized carbons (Fsp3) is 0.167. The summed E-state index contributed by atoms with van der Waals surface area (Å²) in [6, 6.07) is 8.87. The molecule has 20 heavy (non-hydrogen) atoms. The Morgan fingerprint density at radius 2 is 1.95 bits per heavy atom. The van der Waals surface area contributed by atoms with Gasteiger partial charge in [-0.15, -0.1) is 11.3 Å². The molecule has 8 heteroatoms. The van der Waals surface area contributed by atoms with Gasteiger partial charge in [-0.1, -0.05) is 35.9 Å². The summed E-state index contributed by atoms with van der Waals surface area (Å²) in [5.74, 6) is 0. The highest BCUT2D eigenvalue weighted by atomic mass is 79.9. The Bertz CT molecular complexity index is 696. The van der Waals surface area contributed by atoms with Gasteiger partial charge in [-0.05, 0) is 33.1 Å². The van der Waals surface area contributed by atoms with Crippen molar-refractivity contribution in [3.8, 4) is 0 Å². The van der Waals surface area contributed by atoms with Crippen molar-refractivity contribution < 1.29 is 8.42 Å². The first-order chi connectivity index (χ1) is 9.44. The zero-order valence-electron chi connectivity index (χ0n) is 10.3. The summed E-state index contributed by atoms with van der Waals surface area (Å²) in [6.07, 6.45) is 0. The van der Waals surface area contributed by atoms with Gasteiger partial charge in [-0.3, -0.25) is 0 Å². The molecule has 108 valence electrons. The summed E-state index contributed by atoms with van der Waals surface area (Å²) in [5, 5.41) is 0.387. The topological polar surface area (TPSA) is 72.2 Å². The van der Waals surface area contributed by atoms with E-state index in [-0.39, 0.29) is 10.8 Å². The Labute approximate surface area is 135 Å². The van der Waals surface area contributed by atoms with E-state index in [9.17, 15) is 8.42 Å². The molecule has 0 bridgehead atoms. The molecule has 0 aliphatic rings. The van der Waals surface area contributed by atoms with Crippen LogP contribution in [0.3, 0.4) is 0 Å². The fourth-order valence-corrected chi connectivity index (χ4v) is 5.08. The van der Waals surface area contributed by atoms with Crippen LogP contribution in [-0.2, 0) is 23.1 Å². The van der Waals surface area contributed by atoms with Gasteiger partial charge in [-0.25, -0.2) is 13.1 Å². The molecule has 1 aromatic carbocycles. The maximum absolute atomic E-state index is 12.2. The second-order valence-electron chi connectivity index (χ2n) is 3.98. The summed E-state index contributed by atoms with van der Waals surface area (Å²) < 4.78 is 27.7. The predicted octanol–water partition coefficient (Wildman–Crippen LogP) is 3.10. The monoisotopic (exact) mass is 394 g/mol. The molecule has 2 rings (SSSR count). The Balaban J connectivity index is 2.17. The number of halogens is 2. The Hall–Kier alpha value is -0.440. The Morgan fingerprint density at radius 1 is 1.30 bits per heavy atom. The highest BCUT2D eigenvalue weighted by Crippen LogP contribution is 2.34. The van der Waals surface area contributed by atoms with Gasteiger partial charge in [0.25, 0.3) is 0 Å². The van der Waals surface area contributed by atoms with E-state index >= 15 is 0 Å². The van der Waals surface area contributed by atoms with Gasteiger partial charge >= 0.3 is 0 Å². The number of thiophene rings is 1. The molecule has 0 aliphatic carbocycles. The average Bonchev–Trinajstić information content (AvgIpc) is 2.78. The van der Waals surface area contributed by atoms with Crippen LogP contribution < -0.4 is 10.5 Å². The number of hydrogen-bond acceptors (Lipinski definition) is 4. The van der Waals surface area contributed by atoms with Crippen LogP contribution in [-0.4, -0.2) is 8.42 Å². The van der Waals surface area contributed by atoms with E-state index in [0.717, 1.165) is 22.5 Å². The summed E-state index contributed by atoms with van der Waals surface area (Å²) >= 11 is 10.1. The summed E-state index contributed by atoms with van der Waals surface area (Å²) in [7, 11) is -3.57. The molecule has 0 atom stereocenters. The van der Waals surface area contributed by atoms with Crippen molar-refractivity contribution in [3.63, 3.8) is 0 Å². The standard InChI is InChI=1S/C12H12BrClN2O2S2/c13-12-10(14)5-11(19-12)20(17,18)16-7-9-4-2-1-3-8(9)6-15/h1-5,16H,6-7,15H2. The van der Waals surface area contributed by atoms with Crippen molar-refractivity contribution in [1.82, 2.24) is 4.72 Å². The third kappa shape index (κ3) is 3.60. The number of nitrogens with one attached hydrogen (secondary N) is 1. The zero-order valence-corrected chi connectivity index (χ0v) is 14.2. The minimum atomic E-state index is -3.57. The van der Waals surface area contributed by atoms with Crippen molar-refractivity contribution in [2.45, 2.75) is 17.3 Å². The second kappa shape index (κ2) is 6.55. The van der Waals surface area contributed by atoms with Crippen molar-refractivity contribution >= 4 is 48.9 Å². The van der Waals surface area contributed by atoms with E-state index in [1.165, 1.54) is 6.07 Å². The molecule has 0 unspecified atom stereocenters. The third-order valence-corrected chi connectivity index (χ3v) is 7.03. The van der Waals surface area contributed by atoms with Gasteiger partial charge < -0.3 is 5.73 Å². The number of hydrogen-bond donors (Lipinski definition) is 2. The highest BCUT2D eigenvalue weighted by molar-refractivity contribution is 9.11. The predicted molar refractivity (Wildman–Crippen MR) is 85.4 cm³/mol. The highest BCUT2D eigenvalue weighted by Gasteiger charge is 2.19. The van der Waals surface area contributed by atoms with Gasteiger partial charge in [0.2, 0.25) is 10.0 Å². The molecule has 0 fully saturated rings. The molecule has 4 nitrogen and oxygen atoms in total. The van der Waals surface area contributed by atoms with Gasteiger partial charge in [0, 0.05) is 13.1 Å². The minimum Gasteiger partial charge on any atom is -0.326 e. The van der Waals surface area contributed by atoms with Crippen LogP contribution in [0, 0.1) is 0 Å². The van der Waals surface area contributed by atoms with Crippen LogP contribution in [0.4, 0.5) is 0 Å². The average molecular weight is 396 g/mol. The number of benzene rings is 1. The largest absolute Gasteiger partial charge is 0.326 e. The molecule has 0 radical (unpaired) electrons. The normalized spacial score (nSPS) is 11.8. The molecule has 1 heterocycles. The van der Waals surface area contributed by atoms with E-state index in [0.29, 0.717) is 15.4 Å². The quantitative estimate of drug-likeness (QED) is 0.817. The number of rotatable bonds is 5. The number of nitrogens with two attached hydrogens (primary N) is 1. The molecule has 0 aliphatic heterocycles. The third-order valence-electron chi connectivity index (χ3n) is 2.68. The maximum Gasteiger partial charge on any atom is 0.250 e. The fourth-order valence-electron chi connectivity index (χ4n) is 1.63. The molecule has 0 spiro atoms. The molecular weight excluding hydrogens is 384 g/mol. The van der Waals surface area contributed by atoms with Gasteiger partial charge in [0.15, 0.2) is 0 Å². The van der Waals surface area contributed by atoms with Crippen LogP contribution in [0.2, 0.25) is 5.02 Å². The molecule has 0 saturated carbocycles. The molecule has 1 aromatic heterocycles. The first kappa shape index (κ1) is 15.9. The lowest BCUT2D eigenvalue weighted by Crippen LogP contribution is -2.23. The van der Waals surface area contributed by atoms with E-state index in [2.05, 4.69) is 20.7 Å². The number of sulfonamides is 1. The van der Waals surface area contributed by atoms with E-state index < -0.39 is 10.0 Å². The van der Waals surface area contributed by atoms with Gasteiger partial charge in [-0.2, -0.15) is 0 Å². The Kier molecular flexibility index (Phi) is 5.22. The lowest BCUT2D eigenvalue weighted by Gasteiger charge is -2.08. The van der Waals surface area contributed by atoms with E-state index in [1.54, 1.807) is 0 Å². The first-order valence-electron chi connectivity index (χ1n) is 5.65. The van der Waals surface area contributed by atoms with Crippen molar-refractivity contribution in [2.24, 2.45) is 5.73 Å². The lowest BCUT2D eigenvalue weighted by atomic mass is 10.1. The molecule has 3 N–H and O–H groups in total. The van der Waals surface area contributed by atoms with Crippen molar-refractivity contribution in [1.29, 1.82) is 0 Å². The smallest absolute Gasteiger partial charge is 0.250 e. The van der Waals surface area contributed by atoms with Crippen LogP contribution in [0.1, 0.15) is 11.1 Å². The van der Waals surface area contributed by atoms with Crippen LogP contribution in [0.15, 0.2) is 38.3 Å². The van der Waals surface area contributed by atoms with Crippen LogP contribution >= 0.6 is 38.9 Å². The SMILES string of the molecule is NCc1ccccc1CNS(=O)(=O)c1cc(Cl)c(Br)s1. The Morgan fingerprint density at radius 3 is 2.50 bits per heavy atom. The van der Waals surface area contributed by atoms with Gasteiger partial charge in [0.1, 0.15) is 4.21 Å². The van der Waals surface area contributed by atoms with Gasteiger partial charge in [0.05, 0.1) is 8.81 Å². The lowest BCUT2D eigenvalue weighted by molar-refractivity contribution is 0.583. The van der Waals surface area contributed by atoms with Crippen molar-refractivity contribution in [2.75, 3.05) is 0 Å². The summed E-state index contributed by atoms with van der Waals surface area (Å²) in [4.78, 5) is 0.